The molecule has 112 valence electrons. The van der Waals surface area contributed by atoms with Gasteiger partial charge in [-0.05, 0) is 60.6 Å². The van der Waals surface area contributed by atoms with Crippen LogP contribution in [0.4, 0.5) is 13.2 Å². The van der Waals surface area contributed by atoms with Crippen molar-refractivity contribution in [3.8, 4) is 16.9 Å². The molecule has 1 nitrogen and oxygen atoms in total. The molecular formula is C16H15F3OS. The largest absolute Gasteiger partial charge is 0.573 e. The first-order valence-corrected chi connectivity index (χ1v) is 7.54. The van der Waals surface area contributed by atoms with E-state index in [0.29, 0.717) is 0 Å². The van der Waals surface area contributed by atoms with Crippen molar-refractivity contribution in [1.82, 2.24) is 0 Å². The van der Waals surface area contributed by atoms with E-state index in [1.54, 1.807) is 0 Å². The number of benzene rings is 2. The van der Waals surface area contributed by atoms with Gasteiger partial charge < -0.3 is 4.74 Å². The minimum absolute atomic E-state index is 0.190. The second-order valence-corrected chi connectivity index (χ2v) is 5.57. The normalized spacial score (nSPS) is 11.5. The maximum absolute atomic E-state index is 12.4. The topological polar surface area (TPSA) is 9.23 Å². The van der Waals surface area contributed by atoms with Gasteiger partial charge in [-0.15, -0.1) is 24.9 Å². The van der Waals surface area contributed by atoms with Gasteiger partial charge in [0.1, 0.15) is 5.75 Å². The molecule has 2 aromatic carbocycles. The molecule has 0 fully saturated rings. The minimum atomic E-state index is -4.68. The highest BCUT2D eigenvalue weighted by Crippen LogP contribution is 2.34. The molecule has 0 atom stereocenters. The van der Waals surface area contributed by atoms with Crippen molar-refractivity contribution < 1.29 is 17.9 Å². The quantitative estimate of drug-likeness (QED) is 0.683. The third-order valence-corrected chi connectivity index (χ3v) is 3.97. The molecule has 0 bridgehead atoms. The van der Waals surface area contributed by atoms with Crippen LogP contribution >= 0.6 is 11.8 Å². The van der Waals surface area contributed by atoms with E-state index >= 15 is 0 Å². The first-order valence-electron chi connectivity index (χ1n) is 6.31. The van der Waals surface area contributed by atoms with E-state index in [1.165, 1.54) is 23.9 Å². The molecule has 0 aliphatic heterocycles. The first-order chi connectivity index (χ1) is 9.80. The Morgan fingerprint density at radius 1 is 1.05 bits per heavy atom. The Labute approximate surface area is 126 Å². The van der Waals surface area contributed by atoms with Gasteiger partial charge in [0.25, 0.3) is 0 Å². The van der Waals surface area contributed by atoms with E-state index in [-0.39, 0.29) is 5.75 Å². The van der Waals surface area contributed by atoms with Crippen LogP contribution in [-0.4, -0.2) is 12.6 Å². The number of hydrogen-bond donors (Lipinski definition) is 0. The zero-order valence-corrected chi connectivity index (χ0v) is 12.7. The summed E-state index contributed by atoms with van der Waals surface area (Å²) < 4.78 is 41.3. The fourth-order valence-electron chi connectivity index (χ4n) is 2.10. The molecule has 0 N–H and O–H groups in total. The van der Waals surface area contributed by atoms with Gasteiger partial charge in [-0.3, -0.25) is 0 Å². The Morgan fingerprint density at radius 2 is 1.76 bits per heavy atom. The molecule has 0 radical (unpaired) electrons. The van der Waals surface area contributed by atoms with Crippen LogP contribution in [0.2, 0.25) is 0 Å². The van der Waals surface area contributed by atoms with Crippen molar-refractivity contribution in [3.05, 3.63) is 47.5 Å². The minimum Gasteiger partial charge on any atom is -0.406 e. The molecule has 0 amide bonds. The number of halogens is 3. The number of rotatable bonds is 3. The van der Waals surface area contributed by atoms with Crippen LogP contribution in [0.5, 0.6) is 5.75 Å². The zero-order chi connectivity index (χ0) is 15.6. The summed E-state index contributed by atoms with van der Waals surface area (Å²) in [6.07, 6.45) is -2.87. The maximum Gasteiger partial charge on any atom is 0.573 e. The molecule has 0 aliphatic rings. The molecule has 0 aromatic heterocycles. The Balaban J connectivity index is 2.53. The Morgan fingerprint density at radius 3 is 2.38 bits per heavy atom. The third-order valence-electron chi connectivity index (χ3n) is 3.26. The van der Waals surface area contributed by atoms with Crippen molar-refractivity contribution in [1.29, 1.82) is 0 Å². The van der Waals surface area contributed by atoms with E-state index < -0.39 is 6.36 Å². The second-order valence-electron chi connectivity index (χ2n) is 4.69. The van der Waals surface area contributed by atoms with Crippen molar-refractivity contribution in [2.45, 2.75) is 25.1 Å². The van der Waals surface area contributed by atoms with Crippen LogP contribution in [0.3, 0.4) is 0 Å². The molecule has 2 aromatic rings. The molecule has 5 heteroatoms. The molecule has 0 saturated carbocycles. The first kappa shape index (κ1) is 15.8. The highest BCUT2D eigenvalue weighted by Gasteiger charge is 2.31. The van der Waals surface area contributed by atoms with Gasteiger partial charge in [-0.25, -0.2) is 0 Å². The smallest absolute Gasteiger partial charge is 0.406 e. The molecular weight excluding hydrogens is 297 g/mol. The van der Waals surface area contributed by atoms with E-state index in [4.69, 9.17) is 0 Å². The van der Waals surface area contributed by atoms with Gasteiger partial charge in [0.15, 0.2) is 0 Å². The van der Waals surface area contributed by atoms with Crippen molar-refractivity contribution in [2.75, 3.05) is 6.26 Å². The maximum atomic E-state index is 12.4. The number of ether oxygens (including phenoxy) is 1. The lowest BCUT2D eigenvalue weighted by Crippen LogP contribution is -2.17. The zero-order valence-electron chi connectivity index (χ0n) is 11.9. The van der Waals surface area contributed by atoms with Crippen molar-refractivity contribution in [2.24, 2.45) is 0 Å². The van der Waals surface area contributed by atoms with Gasteiger partial charge in [0.05, 0.1) is 0 Å². The monoisotopic (exact) mass is 312 g/mol. The lowest BCUT2D eigenvalue weighted by Gasteiger charge is -2.14. The van der Waals surface area contributed by atoms with Crippen LogP contribution in [0, 0.1) is 13.8 Å². The van der Waals surface area contributed by atoms with E-state index in [9.17, 15) is 13.2 Å². The lowest BCUT2D eigenvalue weighted by atomic mass is 9.97. The Bertz CT molecular complexity index is 650. The van der Waals surface area contributed by atoms with Gasteiger partial charge in [-0.1, -0.05) is 18.2 Å². The number of alkyl halides is 3. The summed E-state index contributed by atoms with van der Waals surface area (Å²) in [6.45, 7) is 3.94. The highest BCUT2D eigenvalue weighted by molar-refractivity contribution is 7.98. The number of hydrogen-bond acceptors (Lipinski definition) is 2. The lowest BCUT2D eigenvalue weighted by molar-refractivity contribution is -0.274. The van der Waals surface area contributed by atoms with Crippen molar-refractivity contribution in [3.63, 3.8) is 0 Å². The predicted molar refractivity (Wildman–Crippen MR) is 79.8 cm³/mol. The summed E-state index contributed by atoms with van der Waals surface area (Å²) in [5.41, 5.74) is 3.79. The molecule has 0 spiro atoms. The van der Waals surface area contributed by atoms with Gasteiger partial charge >= 0.3 is 6.36 Å². The Hall–Kier alpha value is -1.62. The van der Waals surface area contributed by atoms with Crippen LogP contribution in [0.15, 0.2) is 41.3 Å². The SMILES string of the molecule is CSc1cc(OC(F)(F)F)cc(-c2cccc(C)c2C)c1. The van der Waals surface area contributed by atoms with E-state index in [2.05, 4.69) is 4.74 Å². The average Bonchev–Trinajstić information content (AvgIpc) is 2.39. The average molecular weight is 312 g/mol. The van der Waals surface area contributed by atoms with Gasteiger partial charge in [-0.2, -0.15) is 0 Å². The molecule has 21 heavy (non-hydrogen) atoms. The van der Waals surface area contributed by atoms with Crippen LogP contribution in [0.25, 0.3) is 11.1 Å². The number of aryl methyl sites for hydroxylation is 1. The molecule has 0 saturated heterocycles. The van der Waals surface area contributed by atoms with Crippen LogP contribution in [-0.2, 0) is 0 Å². The molecule has 0 heterocycles. The van der Waals surface area contributed by atoms with Crippen molar-refractivity contribution >= 4 is 11.8 Å². The Kier molecular flexibility index (Phi) is 4.52. The fraction of sp³-hybridized carbons (Fsp3) is 0.250. The summed E-state index contributed by atoms with van der Waals surface area (Å²) in [5, 5.41) is 0. The summed E-state index contributed by atoms with van der Waals surface area (Å²) in [4.78, 5) is 0.729. The number of thioether (sulfide) groups is 1. The van der Waals surface area contributed by atoms with Gasteiger partial charge in [0, 0.05) is 4.90 Å². The fourth-order valence-corrected chi connectivity index (χ4v) is 2.58. The summed E-state index contributed by atoms with van der Waals surface area (Å²) in [5.74, 6) is -0.190. The molecule has 0 aliphatic carbocycles. The third kappa shape index (κ3) is 3.94. The van der Waals surface area contributed by atoms with Gasteiger partial charge in [0.2, 0.25) is 0 Å². The summed E-state index contributed by atoms with van der Waals surface area (Å²) >= 11 is 1.38. The second kappa shape index (κ2) is 6.02. The molecule has 2 rings (SSSR count). The summed E-state index contributed by atoms with van der Waals surface area (Å²) in [7, 11) is 0. The predicted octanol–water partition coefficient (Wildman–Crippen LogP) is 5.59. The van der Waals surface area contributed by atoms with Crippen LogP contribution < -0.4 is 4.74 Å². The summed E-state index contributed by atoms with van der Waals surface area (Å²) in [6, 6.07) is 10.5. The van der Waals surface area contributed by atoms with Crippen LogP contribution in [0.1, 0.15) is 11.1 Å². The standard InChI is InChI=1S/C16H15F3OS/c1-10-5-4-6-15(11(10)2)12-7-13(20-16(17,18)19)9-14(8-12)21-3/h4-9H,1-3H3. The van der Waals surface area contributed by atoms with E-state index in [0.717, 1.165) is 27.1 Å². The molecule has 0 unspecified atom stereocenters. The van der Waals surface area contributed by atoms with E-state index in [1.807, 2.05) is 44.4 Å². The highest BCUT2D eigenvalue weighted by atomic mass is 32.2.